The van der Waals surface area contributed by atoms with E-state index in [0.717, 1.165) is 24.2 Å². The lowest BCUT2D eigenvalue weighted by Crippen LogP contribution is -2.31. The summed E-state index contributed by atoms with van der Waals surface area (Å²) in [7, 11) is 3.51. The van der Waals surface area contributed by atoms with Gasteiger partial charge in [-0.3, -0.25) is 9.69 Å². The van der Waals surface area contributed by atoms with Gasteiger partial charge in [0.1, 0.15) is 5.75 Å². The van der Waals surface area contributed by atoms with Crippen LogP contribution in [0.15, 0.2) is 59.1 Å². The van der Waals surface area contributed by atoms with E-state index < -0.39 is 0 Å². The Morgan fingerprint density at radius 3 is 2.79 bits per heavy atom. The van der Waals surface area contributed by atoms with E-state index >= 15 is 0 Å². The Kier molecular flexibility index (Phi) is 6.75. The van der Waals surface area contributed by atoms with Gasteiger partial charge in [-0.05, 0) is 32.1 Å². The molecule has 0 fully saturated rings. The summed E-state index contributed by atoms with van der Waals surface area (Å²) in [6.45, 7) is 1.05. The van der Waals surface area contributed by atoms with E-state index in [0.29, 0.717) is 30.4 Å². The van der Waals surface area contributed by atoms with Crippen molar-refractivity contribution < 1.29 is 14.1 Å². The summed E-state index contributed by atoms with van der Waals surface area (Å²) in [4.78, 5) is 18.6. The normalized spacial score (nSPS) is 10.8. The molecule has 0 unspecified atom stereocenters. The number of carbonyl (C=O) groups is 1. The average Bonchev–Trinajstić information content (AvgIpc) is 3.17. The number of benzene rings is 2. The van der Waals surface area contributed by atoms with Gasteiger partial charge < -0.3 is 14.6 Å². The number of anilines is 1. The highest BCUT2D eigenvalue weighted by molar-refractivity contribution is 5.92. The lowest BCUT2D eigenvalue weighted by Gasteiger charge is -2.15. The summed E-state index contributed by atoms with van der Waals surface area (Å²) in [5, 5.41) is 6.90. The van der Waals surface area contributed by atoms with Crippen LogP contribution in [0.4, 0.5) is 5.69 Å². The molecule has 0 atom stereocenters. The van der Waals surface area contributed by atoms with Crippen molar-refractivity contribution in [1.82, 2.24) is 15.0 Å². The second-order valence-corrected chi connectivity index (χ2v) is 6.50. The van der Waals surface area contributed by atoms with Crippen LogP contribution in [0.3, 0.4) is 0 Å². The van der Waals surface area contributed by atoms with Gasteiger partial charge in [0, 0.05) is 23.7 Å². The van der Waals surface area contributed by atoms with Crippen LogP contribution in [0, 0.1) is 0 Å². The zero-order chi connectivity index (χ0) is 19.8. The van der Waals surface area contributed by atoms with Crippen molar-refractivity contribution in [2.45, 2.75) is 12.8 Å². The largest absolute Gasteiger partial charge is 0.497 e. The number of amides is 1. The molecule has 0 bridgehead atoms. The number of carbonyl (C=O) groups excluding carboxylic acids is 1. The molecular formula is C21H24N4O3. The third kappa shape index (κ3) is 5.65. The fourth-order valence-corrected chi connectivity index (χ4v) is 2.79. The fraction of sp³-hybridized carbons (Fsp3) is 0.286. The molecule has 7 heteroatoms. The van der Waals surface area contributed by atoms with Crippen LogP contribution in [-0.2, 0) is 11.2 Å². The molecule has 28 heavy (non-hydrogen) atoms. The van der Waals surface area contributed by atoms with Crippen molar-refractivity contribution in [2.24, 2.45) is 0 Å². The molecule has 0 aliphatic carbocycles. The van der Waals surface area contributed by atoms with Crippen LogP contribution in [0.5, 0.6) is 5.75 Å². The van der Waals surface area contributed by atoms with E-state index in [1.807, 2.05) is 60.5 Å². The van der Waals surface area contributed by atoms with Gasteiger partial charge in [0.15, 0.2) is 0 Å². The van der Waals surface area contributed by atoms with Gasteiger partial charge >= 0.3 is 0 Å². The molecule has 0 aliphatic heterocycles. The molecule has 0 saturated heterocycles. The number of aryl methyl sites for hydroxylation is 1. The molecule has 0 radical (unpaired) electrons. The quantitative estimate of drug-likeness (QED) is 0.614. The van der Waals surface area contributed by atoms with Crippen molar-refractivity contribution in [3.63, 3.8) is 0 Å². The minimum atomic E-state index is -0.0695. The minimum Gasteiger partial charge on any atom is -0.497 e. The van der Waals surface area contributed by atoms with Crippen LogP contribution in [0.1, 0.15) is 12.3 Å². The monoisotopic (exact) mass is 380 g/mol. The summed E-state index contributed by atoms with van der Waals surface area (Å²) in [6.07, 6.45) is 1.49. The molecule has 2 aromatic carbocycles. The molecule has 0 spiro atoms. The maximum Gasteiger partial charge on any atom is 0.238 e. The Morgan fingerprint density at radius 1 is 1.18 bits per heavy atom. The van der Waals surface area contributed by atoms with Crippen molar-refractivity contribution in [3.8, 4) is 17.1 Å². The molecular weight excluding hydrogens is 356 g/mol. The zero-order valence-corrected chi connectivity index (χ0v) is 16.1. The number of hydrogen-bond acceptors (Lipinski definition) is 6. The van der Waals surface area contributed by atoms with E-state index in [9.17, 15) is 4.79 Å². The molecule has 146 valence electrons. The van der Waals surface area contributed by atoms with Crippen molar-refractivity contribution in [3.05, 3.63) is 60.5 Å². The first kappa shape index (κ1) is 19.6. The summed E-state index contributed by atoms with van der Waals surface area (Å²) >= 11 is 0. The summed E-state index contributed by atoms with van der Waals surface area (Å²) < 4.78 is 10.5. The fourth-order valence-electron chi connectivity index (χ4n) is 2.79. The Hall–Kier alpha value is -3.19. The molecule has 1 aromatic heterocycles. The standard InChI is InChI=1S/C21H24N4O3/c1-25(15-19(26)22-17-10-6-11-18(14-17)27-2)13-7-12-20-23-21(24-28-20)16-8-4-3-5-9-16/h3-6,8-11,14H,7,12-13,15H2,1-2H3,(H,22,26). The molecule has 1 amide bonds. The van der Waals surface area contributed by atoms with Crippen LogP contribution in [-0.4, -0.2) is 48.2 Å². The first-order valence-corrected chi connectivity index (χ1v) is 9.14. The number of hydrogen-bond donors (Lipinski definition) is 1. The van der Waals surface area contributed by atoms with Crippen molar-refractivity contribution >= 4 is 11.6 Å². The van der Waals surface area contributed by atoms with Crippen LogP contribution >= 0.6 is 0 Å². The van der Waals surface area contributed by atoms with Gasteiger partial charge in [-0.15, -0.1) is 0 Å². The molecule has 7 nitrogen and oxygen atoms in total. The minimum absolute atomic E-state index is 0.0695. The predicted octanol–water partition coefficient (Wildman–Crippen LogP) is 3.25. The Balaban J connectivity index is 1.41. The van der Waals surface area contributed by atoms with Gasteiger partial charge in [-0.2, -0.15) is 4.98 Å². The van der Waals surface area contributed by atoms with Gasteiger partial charge in [-0.25, -0.2) is 0 Å². The molecule has 0 aliphatic rings. The smallest absolute Gasteiger partial charge is 0.238 e. The molecule has 1 N–H and O–H groups in total. The number of rotatable bonds is 9. The second-order valence-electron chi connectivity index (χ2n) is 6.50. The average molecular weight is 380 g/mol. The number of nitrogens with one attached hydrogen (secondary N) is 1. The third-order valence-corrected chi connectivity index (χ3v) is 4.20. The first-order valence-electron chi connectivity index (χ1n) is 9.14. The number of ether oxygens (including phenoxy) is 1. The maximum absolute atomic E-state index is 12.2. The molecule has 0 saturated carbocycles. The number of nitrogens with zero attached hydrogens (tertiary/aromatic N) is 3. The highest BCUT2D eigenvalue weighted by Crippen LogP contribution is 2.17. The summed E-state index contributed by atoms with van der Waals surface area (Å²) in [5.74, 6) is 1.84. The second kappa shape index (κ2) is 9.66. The van der Waals surface area contributed by atoms with E-state index in [4.69, 9.17) is 9.26 Å². The Bertz CT molecular complexity index is 895. The van der Waals surface area contributed by atoms with Crippen LogP contribution in [0.2, 0.25) is 0 Å². The summed E-state index contributed by atoms with van der Waals surface area (Å²) in [6, 6.07) is 17.0. The molecule has 3 rings (SSSR count). The molecule has 3 aromatic rings. The van der Waals surface area contributed by atoms with Crippen LogP contribution < -0.4 is 10.1 Å². The van der Waals surface area contributed by atoms with Gasteiger partial charge in [0.05, 0.1) is 13.7 Å². The van der Waals surface area contributed by atoms with Gasteiger partial charge in [-0.1, -0.05) is 41.6 Å². The van der Waals surface area contributed by atoms with E-state index in [1.165, 1.54) is 0 Å². The Labute approximate surface area is 164 Å². The Morgan fingerprint density at radius 2 is 2.00 bits per heavy atom. The first-order chi connectivity index (χ1) is 13.6. The number of aromatic nitrogens is 2. The van der Waals surface area contributed by atoms with Crippen molar-refractivity contribution in [1.29, 1.82) is 0 Å². The SMILES string of the molecule is COc1cccc(NC(=O)CN(C)CCCc2nc(-c3ccccc3)no2)c1. The molecule has 1 heterocycles. The van der Waals surface area contributed by atoms with Crippen LogP contribution in [0.25, 0.3) is 11.4 Å². The van der Waals surface area contributed by atoms with Crippen molar-refractivity contribution in [2.75, 3.05) is 32.6 Å². The van der Waals surface area contributed by atoms with E-state index in [-0.39, 0.29) is 5.91 Å². The third-order valence-electron chi connectivity index (χ3n) is 4.20. The van der Waals surface area contributed by atoms with Gasteiger partial charge in [0.25, 0.3) is 0 Å². The van der Waals surface area contributed by atoms with E-state index in [1.54, 1.807) is 13.2 Å². The van der Waals surface area contributed by atoms with E-state index in [2.05, 4.69) is 15.5 Å². The lowest BCUT2D eigenvalue weighted by molar-refractivity contribution is -0.117. The lowest BCUT2D eigenvalue weighted by atomic mass is 10.2. The highest BCUT2D eigenvalue weighted by Gasteiger charge is 2.10. The zero-order valence-electron chi connectivity index (χ0n) is 16.1. The summed E-state index contributed by atoms with van der Waals surface area (Å²) in [5.41, 5.74) is 1.65. The maximum atomic E-state index is 12.2. The number of likely N-dealkylation sites (N-methyl/N-ethyl adjacent to an activating group) is 1. The number of methoxy groups -OCH3 is 1. The predicted molar refractivity (Wildman–Crippen MR) is 107 cm³/mol. The van der Waals surface area contributed by atoms with Gasteiger partial charge in [0.2, 0.25) is 17.6 Å². The highest BCUT2D eigenvalue weighted by atomic mass is 16.5. The topological polar surface area (TPSA) is 80.5 Å².